The summed E-state index contributed by atoms with van der Waals surface area (Å²) in [6, 6.07) is 3.90. The number of nitrogens with one attached hydrogen (secondary N) is 3. The van der Waals surface area contributed by atoms with Crippen LogP contribution < -0.4 is 5.32 Å². The van der Waals surface area contributed by atoms with E-state index in [1.165, 1.54) is 6.33 Å². The van der Waals surface area contributed by atoms with Gasteiger partial charge in [-0.05, 0) is 32.0 Å². The third kappa shape index (κ3) is 3.38. The van der Waals surface area contributed by atoms with Crippen molar-refractivity contribution in [2.75, 3.05) is 6.54 Å². The second kappa shape index (κ2) is 6.36. The number of hydrogen-bond donors (Lipinski definition) is 3. The van der Waals surface area contributed by atoms with Gasteiger partial charge in [0.2, 0.25) is 0 Å². The number of nitrogens with zero attached hydrogens (tertiary/aromatic N) is 3. The number of aromatic nitrogens is 5. The molecule has 0 bridgehead atoms. The van der Waals surface area contributed by atoms with Crippen molar-refractivity contribution in [3.63, 3.8) is 0 Å². The number of aryl methyl sites for hydroxylation is 2. The van der Waals surface area contributed by atoms with Gasteiger partial charge >= 0.3 is 0 Å². The zero-order valence-corrected chi connectivity index (χ0v) is 11.9. The fraction of sp³-hybridized carbons (Fsp3) is 0.357. The van der Waals surface area contributed by atoms with Crippen LogP contribution in [-0.4, -0.2) is 31.9 Å². The molecule has 7 heteroatoms. The van der Waals surface area contributed by atoms with Crippen LogP contribution in [0.3, 0.4) is 0 Å². The van der Waals surface area contributed by atoms with Crippen LogP contribution in [0, 0.1) is 6.92 Å². The van der Waals surface area contributed by atoms with Gasteiger partial charge in [0.05, 0.1) is 6.20 Å². The highest BCUT2D eigenvalue weighted by Gasteiger charge is 2.10. The lowest BCUT2D eigenvalue weighted by atomic mass is 10.2. The van der Waals surface area contributed by atoms with Gasteiger partial charge in [-0.25, -0.2) is 4.98 Å². The number of H-pyrrole nitrogens is 2. The zero-order chi connectivity index (χ0) is 14.5. The van der Waals surface area contributed by atoms with E-state index in [-0.39, 0.29) is 0 Å². The second-order valence-electron chi connectivity index (χ2n) is 4.89. The molecule has 0 saturated heterocycles. The fourth-order valence-electron chi connectivity index (χ4n) is 2.18. The van der Waals surface area contributed by atoms with Crippen molar-refractivity contribution in [3.8, 4) is 11.5 Å². The van der Waals surface area contributed by atoms with Crippen LogP contribution in [0.15, 0.2) is 29.1 Å². The summed E-state index contributed by atoms with van der Waals surface area (Å²) < 4.78 is 5.63. The minimum atomic E-state index is 0.752. The number of hydrogen-bond acceptors (Lipinski definition) is 5. The van der Waals surface area contributed by atoms with Gasteiger partial charge in [0.1, 0.15) is 23.6 Å². The topological polar surface area (TPSA) is 95.4 Å². The third-order valence-corrected chi connectivity index (χ3v) is 3.25. The van der Waals surface area contributed by atoms with E-state index in [9.17, 15) is 0 Å². The smallest absolute Gasteiger partial charge is 0.152 e. The van der Waals surface area contributed by atoms with Gasteiger partial charge in [0.25, 0.3) is 0 Å². The predicted octanol–water partition coefficient (Wildman–Crippen LogP) is 1.82. The zero-order valence-electron chi connectivity index (χ0n) is 11.9. The molecule has 3 N–H and O–H groups in total. The molecular weight excluding hydrogens is 268 g/mol. The summed E-state index contributed by atoms with van der Waals surface area (Å²) in [7, 11) is 0. The van der Waals surface area contributed by atoms with Gasteiger partial charge in [-0.1, -0.05) is 0 Å². The van der Waals surface area contributed by atoms with Gasteiger partial charge in [0.15, 0.2) is 5.76 Å². The molecule has 0 atom stereocenters. The molecule has 0 aliphatic heterocycles. The van der Waals surface area contributed by atoms with Crippen molar-refractivity contribution in [2.24, 2.45) is 0 Å². The lowest BCUT2D eigenvalue weighted by Crippen LogP contribution is -2.15. The van der Waals surface area contributed by atoms with Crippen molar-refractivity contribution < 1.29 is 4.42 Å². The molecule has 21 heavy (non-hydrogen) atoms. The summed E-state index contributed by atoms with van der Waals surface area (Å²) in [5.74, 6) is 2.64. The first-order valence-electron chi connectivity index (χ1n) is 6.97. The summed E-state index contributed by atoms with van der Waals surface area (Å²) in [5.41, 5.74) is 2.04. The summed E-state index contributed by atoms with van der Waals surface area (Å²) in [6.07, 6.45) is 5.26. The van der Waals surface area contributed by atoms with E-state index in [0.717, 1.165) is 54.5 Å². The lowest BCUT2D eigenvalue weighted by Gasteiger charge is -2.03. The van der Waals surface area contributed by atoms with Gasteiger partial charge in [0, 0.05) is 18.5 Å². The van der Waals surface area contributed by atoms with Gasteiger partial charge in [-0.3, -0.25) is 10.2 Å². The molecule has 3 heterocycles. The van der Waals surface area contributed by atoms with E-state index >= 15 is 0 Å². The predicted molar refractivity (Wildman–Crippen MR) is 77.4 cm³/mol. The monoisotopic (exact) mass is 286 g/mol. The maximum absolute atomic E-state index is 5.63. The van der Waals surface area contributed by atoms with Crippen molar-refractivity contribution in [2.45, 2.75) is 26.3 Å². The number of aromatic amines is 2. The first-order chi connectivity index (χ1) is 10.3. The molecule has 7 nitrogen and oxygen atoms in total. The van der Waals surface area contributed by atoms with Crippen molar-refractivity contribution >= 4 is 0 Å². The molecule has 0 aromatic carbocycles. The molecule has 0 fully saturated rings. The second-order valence-corrected chi connectivity index (χ2v) is 4.89. The first-order valence-corrected chi connectivity index (χ1v) is 6.97. The van der Waals surface area contributed by atoms with Crippen LogP contribution in [0.25, 0.3) is 11.5 Å². The molecule has 3 aromatic rings. The van der Waals surface area contributed by atoms with Crippen LogP contribution >= 0.6 is 0 Å². The molecule has 0 unspecified atom stereocenters. The van der Waals surface area contributed by atoms with Crippen LogP contribution in [0.4, 0.5) is 0 Å². The molecule has 0 amide bonds. The molecular formula is C14H18N6O. The molecule has 0 spiro atoms. The normalized spacial score (nSPS) is 11.1. The highest BCUT2D eigenvalue weighted by atomic mass is 16.3. The van der Waals surface area contributed by atoms with Crippen molar-refractivity contribution in [1.82, 2.24) is 30.7 Å². The molecule has 0 saturated carbocycles. The Morgan fingerprint density at radius 3 is 2.95 bits per heavy atom. The Morgan fingerprint density at radius 1 is 1.24 bits per heavy atom. The minimum Gasteiger partial charge on any atom is -0.460 e. The first kappa shape index (κ1) is 13.6. The fourth-order valence-corrected chi connectivity index (χ4v) is 2.18. The van der Waals surface area contributed by atoms with E-state index in [0.29, 0.717) is 0 Å². The van der Waals surface area contributed by atoms with E-state index in [2.05, 4.69) is 30.7 Å². The minimum absolute atomic E-state index is 0.752. The summed E-state index contributed by atoms with van der Waals surface area (Å²) in [4.78, 5) is 4.10. The highest BCUT2D eigenvalue weighted by molar-refractivity contribution is 5.56. The molecule has 0 radical (unpaired) electrons. The Balaban J connectivity index is 1.49. The quantitative estimate of drug-likeness (QED) is 0.576. The third-order valence-electron chi connectivity index (χ3n) is 3.25. The number of furan rings is 1. The Kier molecular flexibility index (Phi) is 4.11. The SMILES string of the molecule is Cc1ccc(-c2[nH]ncc2CNCCCc2ncn[nH]2)o1. The average Bonchev–Trinajstić information content (AvgIpc) is 3.19. The summed E-state index contributed by atoms with van der Waals surface area (Å²) in [6.45, 7) is 3.59. The Bertz CT molecular complexity index is 669. The largest absolute Gasteiger partial charge is 0.460 e. The maximum Gasteiger partial charge on any atom is 0.152 e. The highest BCUT2D eigenvalue weighted by Crippen LogP contribution is 2.23. The van der Waals surface area contributed by atoms with Gasteiger partial charge in [-0.15, -0.1) is 0 Å². The average molecular weight is 286 g/mol. The van der Waals surface area contributed by atoms with E-state index in [4.69, 9.17) is 4.42 Å². The number of rotatable bonds is 7. The van der Waals surface area contributed by atoms with Gasteiger partial charge in [-0.2, -0.15) is 10.2 Å². The molecule has 3 rings (SSSR count). The van der Waals surface area contributed by atoms with E-state index < -0.39 is 0 Å². The Labute approximate surface area is 122 Å². The Morgan fingerprint density at radius 2 is 2.19 bits per heavy atom. The van der Waals surface area contributed by atoms with Crippen molar-refractivity contribution in [3.05, 3.63) is 41.8 Å². The molecule has 3 aromatic heterocycles. The Hall–Kier alpha value is -2.41. The molecule has 0 aliphatic carbocycles. The maximum atomic E-state index is 5.63. The van der Waals surface area contributed by atoms with Crippen LogP contribution in [0.1, 0.15) is 23.6 Å². The van der Waals surface area contributed by atoms with E-state index in [1.807, 2.05) is 25.3 Å². The van der Waals surface area contributed by atoms with Gasteiger partial charge < -0.3 is 9.73 Å². The van der Waals surface area contributed by atoms with Crippen LogP contribution in [0.2, 0.25) is 0 Å². The molecule has 110 valence electrons. The van der Waals surface area contributed by atoms with E-state index in [1.54, 1.807) is 0 Å². The van der Waals surface area contributed by atoms with Crippen molar-refractivity contribution in [1.29, 1.82) is 0 Å². The lowest BCUT2D eigenvalue weighted by molar-refractivity contribution is 0.545. The van der Waals surface area contributed by atoms with Crippen LogP contribution in [0.5, 0.6) is 0 Å². The molecule has 0 aliphatic rings. The summed E-state index contributed by atoms with van der Waals surface area (Å²) >= 11 is 0. The van der Waals surface area contributed by atoms with Crippen LogP contribution in [-0.2, 0) is 13.0 Å². The standard InChI is InChI=1S/C14H18N6O/c1-10-4-5-12(21-10)14-11(8-17-20-14)7-15-6-2-3-13-16-9-18-19-13/h4-5,8-9,15H,2-3,6-7H2,1H3,(H,17,20)(H,16,18,19). The summed E-state index contributed by atoms with van der Waals surface area (Å²) in [5, 5.41) is 17.2.